The van der Waals surface area contributed by atoms with Gasteiger partial charge >= 0.3 is 6.03 Å². The molecule has 4 rings (SSSR count). The quantitative estimate of drug-likeness (QED) is 0.846. The predicted octanol–water partition coefficient (Wildman–Crippen LogP) is 3.51. The van der Waals surface area contributed by atoms with Crippen molar-refractivity contribution in [3.05, 3.63) is 30.0 Å². The molecular formula is C18H23N3O2. The third-order valence-corrected chi connectivity index (χ3v) is 5.27. The molecule has 2 fully saturated rings. The second-order valence-corrected chi connectivity index (χ2v) is 6.99. The minimum atomic E-state index is -0.0000118. The van der Waals surface area contributed by atoms with E-state index >= 15 is 0 Å². The summed E-state index contributed by atoms with van der Waals surface area (Å²) in [5, 5.41) is 4.20. The molecule has 2 aromatic rings. The number of aromatic nitrogens is 1. The van der Waals surface area contributed by atoms with E-state index in [9.17, 15) is 4.79 Å². The molecule has 1 atom stereocenters. The van der Waals surface area contributed by atoms with Crippen LogP contribution in [0.5, 0.6) is 0 Å². The summed E-state index contributed by atoms with van der Waals surface area (Å²) in [4.78, 5) is 17.7. The Morgan fingerprint density at radius 1 is 1.39 bits per heavy atom. The molecule has 2 amide bonds. The first kappa shape index (κ1) is 14.6. The van der Waals surface area contributed by atoms with Crippen LogP contribution in [0.4, 0.5) is 10.5 Å². The summed E-state index contributed by atoms with van der Waals surface area (Å²) in [6.45, 7) is 5.36. The number of aromatic amines is 1. The summed E-state index contributed by atoms with van der Waals surface area (Å²) in [5.41, 5.74) is 3.33. The molecule has 0 bridgehead atoms. The lowest BCUT2D eigenvalue weighted by Crippen LogP contribution is -2.38. The normalized spacial score (nSPS) is 24.5. The number of likely N-dealkylation sites (tertiary alicyclic amines) is 1. The van der Waals surface area contributed by atoms with Crippen molar-refractivity contribution in [3.63, 3.8) is 0 Å². The van der Waals surface area contributed by atoms with Crippen LogP contribution in [0.15, 0.2) is 24.4 Å². The van der Waals surface area contributed by atoms with E-state index in [-0.39, 0.29) is 11.4 Å². The van der Waals surface area contributed by atoms with E-state index in [0.717, 1.165) is 55.7 Å². The van der Waals surface area contributed by atoms with Gasteiger partial charge in [0, 0.05) is 47.9 Å². The molecule has 0 saturated carbocycles. The number of nitrogens with zero attached hydrogens (tertiary/aromatic N) is 1. The van der Waals surface area contributed by atoms with E-state index in [4.69, 9.17) is 4.74 Å². The number of hydrogen-bond donors (Lipinski definition) is 2. The highest BCUT2D eigenvalue weighted by atomic mass is 16.5. The molecule has 122 valence electrons. The fraction of sp³-hybridized carbons (Fsp3) is 0.500. The second kappa shape index (κ2) is 5.57. The number of amides is 2. The van der Waals surface area contributed by atoms with Crippen molar-refractivity contribution in [2.75, 3.05) is 31.6 Å². The molecule has 1 aromatic heterocycles. The van der Waals surface area contributed by atoms with Gasteiger partial charge in [0.15, 0.2) is 0 Å². The van der Waals surface area contributed by atoms with Crippen molar-refractivity contribution in [1.82, 2.24) is 9.88 Å². The summed E-state index contributed by atoms with van der Waals surface area (Å²) in [6, 6.07) is 6.00. The van der Waals surface area contributed by atoms with Gasteiger partial charge in [0.25, 0.3) is 0 Å². The Balaban J connectivity index is 1.45. The highest BCUT2D eigenvalue weighted by molar-refractivity contribution is 5.93. The number of nitrogens with one attached hydrogen (secondary N) is 2. The minimum absolute atomic E-state index is 0.0000118. The molecule has 5 nitrogen and oxygen atoms in total. The van der Waals surface area contributed by atoms with Gasteiger partial charge < -0.3 is 19.9 Å². The van der Waals surface area contributed by atoms with Crippen molar-refractivity contribution in [2.45, 2.75) is 26.2 Å². The van der Waals surface area contributed by atoms with Gasteiger partial charge in [0.1, 0.15) is 0 Å². The van der Waals surface area contributed by atoms with Gasteiger partial charge in [0.05, 0.1) is 6.61 Å². The fourth-order valence-corrected chi connectivity index (χ4v) is 3.88. The molecular weight excluding hydrogens is 290 g/mol. The second-order valence-electron chi connectivity index (χ2n) is 6.99. The maximum atomic E-state index is 12.6. The highest BCUT2D eigenvalue weighted by Crippen LogP contribution is 2.38. The van der Waals surface area contributed by atoms with Crippen molar-refractivity contribution in [2.24, 2.45) is 5.41 Å². The first-order chi connectivity index (χ1) is 11.2. The number of hydrogen-bond acceptors (Lipinski definition) is 2. The Morgan fingerprint density at radius 2 is 2.30 bits per heavy atom. The van der Waals surface area contributed by atoms with E-state index in [1.54, 1.807) is 0 Å². The number of carbonyl (C=O) groups is 1. The summed E-state index contributed by atoms with van der Waals surface area (Å²) in [5.74, 6) is 0. The van der Waals surface area contributed by atoms with E-state index in [1.807, 2.05) is 29.3 Å². The number of benzene rings is 1. The number of rotatable bonds is 1. The van der Waals surface area contributed by atoms with Crippen LogP contribution in [0, 0.1) is 12.3 Å². The van der Waals surface area contributed by atoms with E-state index in [0.29, 0.717) is 0 Å². The molecule has 2 aliphatic heterocycles. The van der Waals surface area contributed by atoms with Gasteiger partial charge in [-0.05, 0) is 49.9 Å². The summed E-state index contributed by atoms with van der Waals surface area (Å²) in [7, 11) is 0. The number of fused-ring (bicyclic) bond motifs is 1. The van der Waals surface area contributed by atoms with Crippen LogP contribution >= 0.6 is 0 Å². The number of carbonyl (C=O) groups excluding carboxylic acids is 1. The van der Waals surface area contributed by atoms with E-state index < -0.39 is 0 Å². The Bertz CT molecular complexity index is 731. The molecule has 2 N–H and O–H groups in total. The zero-order chi connectivity index (χ0) is 15.9. The molecule has 1 aromatic carbocycles. The van der Waals surface area contributed by atoms with Crippen molar-refractivity contribution in [3.8, 4) is 0 Å². The Hall–Kier alpha value is -2.01. The van der Waals surface area contributed by atoms with Gasteiger partial charge in [-0.3, -0.25) is 0 Å². The van der Waals surface area contributed by atoms with Crippen LogP contribution in [-0.2, 0) is 4.74 Å². The number of ether oxygens (including phenoxy) is 1. The molecule has 1 spiro atoms. The van der Waals surface area contributed by atoms with Gasteiger partial charge in [-0.15, -0.1) is 0 Å². The summed E-state index contributed by atoms with van der Waals surface area (Å²) >= 11 is 0. The molecule has 1 unspecified atom stereocenters. The van der Waals surface area contributed by atoms with Crippen LogP contribution in [0.2, 0.25) is 0 Å². The summed E-state index contributed by atoms with van der Waals surface area (Å²) in [6.07, 6.45) is 5.32. The van der Waals surface area contributed by atoms with Crippen molar-refractivity contribution in [1.29, 1.82) is 0 Å². The van der Waals surface area contributed by atoms with Crippen LogP contribution < -0.4 is 5.32 Å². The van der Waals surface area contributed by atoms with Crippen molar-refractivity contribution < 1.29 is 9.53 Å². The number of aryl methyl sites for hydroxylation is 1. The highest BCUT2D eigenvalue weighted by Gasteiger charge is 2.41. The molecule has 0 radical (unpaired) electrons. The van der Waals surface area contributed by atoms with Gasteiger partial charge in [-0.25, -0.2) is 4.79 Å². The zero-order valence-corrected chi connectivity index (χ0v) is 13.5. The third kappa shape index (κ3) is 2.70. The zero-order valence-electron chi connectivity index (χ0n) is 13.5. The van der Waals surface area contributed by atoms with Crippen LogP contribution in [0.3, 0.4) is 0 Å². The number of anilines is 1. The Kier molecular flexibility index (Phi) is 3.53. The fourth-order valence-electron chi connectivity index (χ4n) is 3.88. The predicted molar refractivity (Wildman–Crippen MR) is 90.7 cm³/mol. The monoisotopic (exact) mass is 313 g/mol. The average Bonchev–Trinajstić information content (AvgIpc) is 3.13. The van der Waals surface area contributed by atoms with Crippen LogP contribution in [0.25, 0.3) is 10.9 Å². The van der Waals surface area contributed by atoms with E-state index in [2.05, 4.69) is 17.2 Å². The molecule has 0 aliphatic carbocycles. The van der Waals surface area contributed by atoms with Crippen LogP contribution in [0.1, 0.15) is 24.8 Å². The summed E-state index contributed by atoms with van der Waals surface area (Å²) < 4.78 is 5.64. The number of H-pyrrole nitrogens is 1. The Morgan fingerprint density at radius 3 is 3.13 bits per heavy atom. The largest absolute Gasteiger partial charge is 0.381 e. The standard InChI is InChI=1S/C18H23N3O2/c1-13-10-19-16-4-3-14(9-15(13)16)20-17(22)21-7-6-18(11-21)5-2-8-23-12-18/h3-4,9-10,19H,2,5-8,11-12H2,1H3,(H,20,22). The molecule has 2 aliphatic rings. The molecule has 23 heavy (non-hydrogen) atoms. The lowest BCUT2D eigenvalue weighted by molar-refractivity contribution is -0.000213. The number of urea groups is 1. The van der Waals surface area contributed by atoms with Crippen LogP contribution in [-0.4, -0.2) is 42.2 Å². The topological polar surface area (TPSA) is 57.4 Å². The first-order valence-corrected chi connectivity index (χ1v) is 8.37. The third-order valence-electron chi connectivity index (χ3n) is 5.27. The molecule has 5 heteroatoms. The van der Waals surface area contributed by atoms with Crippen molar-refractivity contribution >= 4 is 22.6 Å². The Labute approximate surface area is 136 Å². The van der Waals surface area contributed by atoms with Gasteiger partial charge in [-0.2, -0.15) is 0 Å². The average molecular weight is 313 g/mol. The maximum absolute atomic E-state index is 12.6. The van der Waals surface area contributed by atoms with E-state index in [1.165, 1.54) is 12.0 Å². The molecule has 3 heterocycles. The minimum Gasteiger partial charge on any atom is -0.381 e. The molecule has 2 saturated heterocycles. The van der Waals surface area contributed by atoms with Gasteiger partial charge in [0.2, 0.25) is 0 Å². The smallest absolute Gasteiger partial charge is 0.321 e. The lowest BCUT2D eigenvalue weighted by Gasteiger charge is -2.32. The van der Waals surface area contributed by atoms with Gasteiger partial charge in [-0.1, -0.05) is 0 Å². The lowest BCUT2D eigenvalue weighted by atomic mass is 9.82. The SMILES string of the molecule is Cc1c[nH]c2ccc(NC(=O)N3CCC4(CCCOC4)C3)cc12. The first-order valence-electron chi connectivity index (χ1n) is 8.37. The maximum Gasteiger partial charge on any atom is 0.321 e.